The van der Waals surface area contributed by atoms with Crippen molar-refractivity contribution >= 4 is 17.5 Å². The van der Waals surface area contributed by atoms with Crippen LogP contribution in [0.2, 0.25) is 5.02 Å². The molecule has 0 saturated carbocycles. The molecule has 0 aromatic heterocycles. The summed E-state index contributed by atoms with van der Waals surface area (Å²) in [5.41, 5.74) is 2.95. The standard InChI is InChI=1S/C23H31ClN4O2.C2H6O/c1-15-6-5-7-18(24)22(15)30-20-10-19-17(11-26-20)23(3,4)14-28(19)21(29)13-27-9-8-25-16(2)12-27;1-3-2/h5-7,10-11,16,20,25-26H,8-9,12-14H2,1-4H3;1-2H3. The Balaban J connectivity index is 0.000000968. The van der Waals surface area contributed by atoms with Crippen molar-refractivity contribution in [3.63, 3.8) is 0 Å². The molecule has 4 rings (SSSR count). The Hall–Kier alpha value is -2.06. The lowest BCUT2D eigenvalue weighted by Gasteiger charge is -2.33. The average Bonchev–Trinajstić information content (AvgIpc) is 3.02. The number of amides is 1. The van der Waals surface area contributed by atoms with E-state index in [4.69, 9.17) is 16.3 Å². The van der Waals surface area contributed by atoms with E-state index in [9.17, 15) is 4.79 Å². The molecule has 33 heavy (non-hydrogen) atoms. The number of nitrogens with zero attached hydrogens (tertiary/aromatic N) is 2. The zero-order valence-corrected chi connectivity index (χ0v) is 21.3. The summed E-state index contributed by atoms with van der Waals surface area (Å²) in [5.74, 6) is 0.803. The first kappa shape index (κ1) is 25.6. The molecule has 1 aromatic carbocycles. The monoisotopic (exact) mass is 476 g/mol. The van der Waals surface area contributed by atoms with Crippen LogP contribution in [0.15, 0.2) is 41.7 Å². The summed E-state index contributed by atoms with van der Waals surface area (Å²) in [7, 11) is 3.25. The maximum Gasteiger partial charge on any atom is 0.241 e. The molecule has 3 heterocycles. The SMILES string of the molecule is COC.Cc1cccc(Cl)c1OC1C=C2C(=CN1)C(C)(C)CN2C(=O)CN1CCNC(C)C1. The first-order valence-electron chi connectivity index (χ1n) is 11.4. The van der Waals surface area contributed by atoms with Crippen LogP contribution in [0, 0.1) is 12.3 Å². The fourth-order valence-corrected chi connectivity index (χ4v) is 4.75. The summed E-state index contributed by atoms with van der Waals surface area (Å²) in [6.45, 7) is 12.3. The van der Waals surface area contributed by atoms with Crippen LogP contribution in [0.4, 0.5) is 0 Å². The van der Waals surface area contributed by atoms with E-state index in [0.717, 1.165) is 36.5 Å². The molecule has 8 heteroatoms. The number of para-hydroxylation sites is 1. The highest BCUT2D eigenvalue weighted by Crippen LogP contribution is 2.43. The number of carbonyl (C=O) groups excluding carboxylic acids is 1. The lowest BCUT2D eigenvalue weighted by Crippen LogP contribution is -2.52. The van der Waals surface area contributed by atoms with E-state index < -0.39 is 0 Å². The Morgan fingerprint density at radius 1 is 1.30 bits per heavy atom. The van der Waals surface area contributed by atoms with Gasteiger partial charge in [-0.3, -0.25) is 9.69 Å². The second kappa shape index (κ2) is 10.9. The number of likely N-dealkylation sites (tertiary alicyclic amines) is 1. The molecule has 2 unspecified atom stereocenters. The molecule has 2 fully saturated rings. The number of piperazine rings is 1. The van der Waals surface area contributed by atoms with Crippen molar-refractivity contribution in [1.82, 2.24) is 20.4 Å². The van der Waals surface area contributed by atoms with Gasteiger partial charge in [0.2, 0.25) is 5.91 Å². The largest absolute Gasteiger partial charge is 0.465 e. The molecule has 0 aliphatic carbocycles. The number of rotatable bonds is 4. The summed E-state index contributed by atoms with van der Waals surface area (Å²) >= 11 is 6.34. The smallest absolute Gasteiger partial charge is 0.241 e. The third-order valence-electron chi connectivity index (χ3n) is 6.07. The number of dihydropyridines is 1. The average molecular weight is 477 g/mol. The number of hydrogen-bond donors (Lipinski definition) is 2. The van der Waals surface area contributed by atoms with Crippen LogP contribution in [0.25, 0.3) is 0 Å². The number of ether oxygens (including phenoxy) is 2. The van der Waals surface area contributed by atoms with Crippen molar-refractivity contribution < 1.29 is 14.3 Å². The van der Waals surface area contributed by atoms with Crippen molar-refractivity contribution in [2.24, 2.45) is 5.41 Å². The van der Waals surface area contributed by atoms with Crippen LogP contribution in [-0.2, 0) is 9.53 Å². The molecule has 7 nitrogen and oxygen atoms in total. The maximum atomic E-state index is 13.2. The van der Waals surface area contributed by atoms with Gasteiger partial charge in [0.25, 0.3) is 0 Å². The number of carbonyl (C=O) groups is 1. The van der Waals surface area contributed by atoms with Gasteiger partial charge in [0.1, 0.15) is 5.75 Å². The molecular formula is C25H37ClN4O3. The molecule has 1 amide bonds. The Bertz CT molecular complexity index is 895. The van der Waals surface area contributed by atoms with Gasteiger partial charge in [0.05, 0.1) is 17.3 Å². The number of halogens is 1. The zero-order valence-electron chi connectivity index (χ0n) is 20.6. The topological polar surface area (TPSA) is 66.1 Å². The van der Waals surface area contributed by atoms with Crippen molar-refractivity contribution in [3.8, 4) is 5.75 Å². The van der Waals surface area contributed by atoms with Crippen LogP contribution in [0.1, 0.15) is 26.3 Å². The minimum atomic E-state index is -0.384. The Morgan fingerprint density at radius 3 is 2.70 bits per heavy atom. The van der Waals surface area contributed by atoms with E-state index in [1.165, 1.54) is 0 Å². The zero-order chi connectivity index (χ0) is 24.2. The summed E-state index contributed by atoms with van der Waals surface area (Å²) in [6.07, 6.45) is 3.61. The fourth-order valence-electron chi connectivity index (χ4n) is 4.48. The lowest BCUT2D eigenvalue weighted by molar-refractivity contribution is -0.130. The molecule has 3 aliphatic heterocycles. The lowest BCUT2D eigenvalue weighted by atomic mass is 9.86. The van der Waals surface area contributed by atoms with Crippen molar-refractivity contribution in [2.75, 3.05) is 46.9 Å². The second-order valence-corrected chi connectivity index (χ2v) is 9.97. The molecule has 2 N–H and O–H groups in total. The van der Waals surface area contributed by atoms with E-state index in [-0.39, 0.29) is 17.6 Å². The fraction of sp³-hybridized carbons (Fsp3) is 0.560. The highest BCUT2D eigenvalue weighted by Gasteiger charge is 2.43. The van der Waals surface area contributed by atoms with Gasteiger partial charge in [0.15, 0.2) is 6.23 Å². The number of nitrogens with one attached hydrogen (secondary N) is 2. The van der Waals surface area contributed by atoms with Gasteiger partial charge in [-0.15, -0.1) is 0 Å². The first-order chi connectivity index (χ1) is 15.7. The van der Waals surface area contributed by atoms with E-state index in [1.54, 1.807) is 14.2 Å². The minimum absolute atomic E-state index is 0.115. The molecule has 0 radical (unpaired) electrons. The van der Waals surface area contributed by atoms with Crippen molar-refractivity contribution in [2.45, 2.75) is 40.0 Å². The molecule has 0 spiro atoms. The van der Waals surface area contributed by atoms with E-state index in [0.29, 0.717) is 29.9 Å². The van der Waals surface area contributed by atoms with Gasteiger partial charge in [0, 0.05) is 64.1 Å². The molecule has 0 bridgehead atoms. The number of aryl methyl sites for hydroxylation is 1. The van der Waals surface area contributed by atoms with Crippen LogP contribution < -0.4 is 15.4 Å². The number of allylic oxidation sites excluding steroid dienone is 1. The first-order valence-corrected chi connectivity index (χ1v) is 11.8. The molecule has 182 valence electrons. The summed E-state index contributed by atoms with van der Waals surface area (Å²) in [6, 6.07) is 6.12. The molecule has 2 atom stereocenters. The quantitative estimate of drug-likeness (QED) is 0.696. The van der Waals surface area contributed by atoms with Crippen LogP contribution in [0.3, 0.4) is 0 Å². The predicted molar refractivity (Wildman–Crippen MR) is 132 cm³/mol. The van der Waals surface area contributed by atoms with E-state index in [2.05, 4.69) is 41.0 Å². The Kier molecular flexibility index (Phi) is 8.45. The summed E-state index contributed by atoms with van der Waals surface area (Å²) < 4.78 is 10.4. The molecule has 2 saturated heterocycles. The highest BCUT2D eigenvalue weighted by molar-refractivity contribution is 6.32. The number of methoxy groups -OCH3 is 1. The van der Waals surface area contributed by atoms with Crippen LogP contribution in [0.5, 0.6) is 5.75 Å². The Morgan fingerprint density at radius 2 is 2.03 bits per heavy atom. The number of benzene rings is 1. The minimum Gasteiger partial charge on any atom is -0.465 e. The van der Waals surface area contributed by atoms with Crippen LogP contribution >= 0.6 is 11.6 Å². The maximum absolute atomic E-state index is 13.2. The second-order valence-electron chi connectivity index (χ2n) is 9.56. The molecular weight excluding hydrogens is 440 g/mol. The van der Waals surface area contributed by atoms with Gasteiger partial charge in [-0.1, -0.05) is 37.6 Å². The van der Waals surface area contributed by atoms with Gasteiger partial charge in [-0.05, 0) is 31.1 Å². The van der Waals surface area contributed by atoms with E-state index >= 15 is 0 Å². The Labute approximate surface area is 202 Å². The molecule has 1 aromatic rings. The molecule has 3 aliphatic rings. The van der Waals surface area contributed by atoms with Gasteiger partial charge >= 0.3 is 0 Å². The summed E-state index contributed by atoms with van der Waals surface area (Å²) in [4.78, 5) is 17.4. The normalized spacial score (nSPS) is 24.0. The highest BCUT2D eigenvalue weighted by atomic mass is 35.5. The van der Waals surface area contributed by atoms with Crippen molar-refractivity contribution in [3.05, 3.63) is 52.3 Å². The number of hydrogen-bond acceptors (Lipinski definition) is 6. The van der Waals surface area contributed by atoms with Gasteiger partial charge < -0.3 is 25.0 Å². The van der Waals surface area contributed by atoms with Crippen molar-refractivity contribution in [1.29, 1.82) is 0 Å². The summed E-state index contributed by atoms with van der Waals surface area (Å²) in [5, 5.41) is 7.33. The van der Waals surface area contributed by atoms with Gasteiger partial charge in [-0.2, -0.15) is 0 Å². The third-order valence-corrected chi connectivity index (χ3v) is 6.37. The van der Waals surface area contributed by atoms with E-state index in [1.807, 2.05) is 42.3 Å². The van der Waals surface area contributed by atoms with Gasteiger partial charge in [-0.25, -0.2) is 0 Å². The van der Waals surface area contributed by atoms with Crippen LogP contribution in [-0.4, -0.2) is 74.9 Å². The number of fused-ring (bicyclic) bond motifs is 1. The third kappa shape index (κ3) is 6.09. The predicted octanol–water partition coefficient (Wildman–Crippen LogP) is 3.15.